The molecule has 0 aliphatic rings. The van der Waals surface area contributed by atoms with Crippen molar-refractivity contribution in [1.82, 2.24) is 5.43 Å². The van der Waals surface area contributed by atoms with E-state index in [4.69, 9.17) is 18.6 Å². The molecule has 0 radical (unpaired) electrons. The number of amides is 1. The van der Waals surface area contributed by atoms with Gasteiger partial charge in [-0.3, -0.25) is 4.79 Å². The summed E-state index contributed by atoms with van der Waals surface area (Å²) < 4.78 is 22.2. The first kappa shape index (κ1) is 21.0. The Kier molecular flexibility index (Phi) is 6.75. The molecule has 0 bridgehead atoms. The summed E-state index contributed by atoms with van der Waals surface area (Å²) >= 11 is 0. The summed E-state index contributed by atoms with van der Waals surface area (Å²) in [4.78, 5) is 12.2. The van der Waals surface area contributed by atoms with Crippen LogP contribution in [0.1, 0.15) is 33.0 Å². The number of hydrogen-bond acceptors (Lipinski definition) is 6. The second-order valence-corrected chi connectivity index (χ2v) is 6.55. The number of aryl methyl sites for hydroxylation is 2. The molecule has 2 aromatic carbocycles. The number of hydrogen-bond donors (Lipinski definition) is 1. The molecule has 30 heavy (non-hydrogen) atoms. The van der Waals surface area contributed by atoms with Gasteiger partial charge in [0.15, 0.2) is 11.5 Å². The van der Waals surface area contributed by atoms with Crippen LogP contribution in [0, 0.1) is 13.8 Å². The molecule has 1 aromatic heterocycles. The van der Waals surface area contributed by atoms with Crippen molar-refractivity contribution >= 4 is 12.1 Å². The summed E-state index contributed by atoms with van der Waals surface area (Å²) in [7, 11) is 3.10. The van der Waals surface area contributed by atoms with E-state index in [0.717, 1.165) is 5.56 Å². The summed E-state index contributed by atoms with van der Waals surface area (Å²) in [6, 6.07) is 15.0. The molecule has 7 heteroatoms. The molecular weight excluding hydrogens is 384 g/mol. The Morgan fingerprint density at radius 1 is 1.07 bits per heavy atom. The van der Waals surface area contributed by atoms with Gasteiger partial charge in [0.1, 0.15) is 18.1 Å². The second kappa shape index (κ2) is 9.65. The fraction of sp³-hybridized carbons (Fsp3) is 0.217. The number of rotatable bonds is 8. The first-order valence-electron chi connectivity index (χ1n) is 9.35. The van der Waals surface area contributed by atoms with E-state index in [1.54, 1.807) is 46.3 Å². The van der Waals surface area contributed by atoms with Crippen molar-refractivity contribution in [2.24, 2.45) is 5.10 Å². The average Bonchev–Trinajstić information content (AvgIpc) is 3.10. The van der Waals surface area contributed by atoms with Crippen molar-refractivity contribution in [3.05, 3.63) is 76.7 Å². The highest BCUT2D eigenvalue weighted by Gasteiger charge is 2.15. The Balaban J connectivity index is 1.74. The lowest BCUT2D eigenvalue weighted by molar-refractivity contribution is 0.0953. The molecule has 0 fully saturated rings. The number of hydrazone groups is 1. The smallest absolute Gasteiger partial charge is 0.274 e. The third-order valence-corrected chi connectivity index (χ3v) is 4.37. The summed E-state index contributed by atoms with van der Waals surface area (Å²) in [6.45, 7) is 3.89. The summed E-state index contributed by atoms with van der Waals surface area (Å²) in [6.07, 6.45) is 1.51. The van der Waals surface area contributed by atoms with Gasteiger partial charge in [-0.15, -0.1) is 0 Å². The van der Waals surface area contributed by atoms with Crippen LogP contribution in [-0.4, -0.2) is 26.3 Å². The predicted molar refractivity (Wildman–Crippen MR) is 114 cm³/mol. The van der Waals surface area contributed by atoms with Crippen LogP contribution in [0.3, 0.4) is 0 Å². The molecular formula is C23H24N2O5. The summed E-state index contributed by atoms with van der Waals surface area (Å²) in [5.41, 5.74) is 4.65. The van der Waals surface area contributed by atoms with E-state index in [1.165, 1.54) is 6.21 Å². The lowest BCUT2D eigenvalue weighted by Gasteiger charge is -2.15. The van der Waals surface area contributed by atoms with Gasteiger partial charge in [-0.05, 0) is 37.6 Å². The Morgan fingerprint density at radius 2 is 1.73 bits per heavy atom. The lowest BCUT2D eigenvalue weighted by Crippen LogP contribution is -2.17. The van der Waals surface area contributed by atoms with Gasteiger partial charge in [-0.25, -0.2) is 5.43 Å². The summed E-state index contributed by atoms with van der Waals surface area (Å²) in [5.74, 6) is 2.36. The minimum absolute atomic E-state index is 0.345. The molecule has 0 unspecified atom stereocenters. The number of ether oxygens (including phenoxy) is 3. The van der Waals surface area contributed by atoms with E-state index in [2.05, 4.69) is 10.5 Å². The highest BCUT2D eigenvalue weighted by molar-refractivity contribution is 5.96. The highest BCUT2D eigenvalue weighted by Crippen LogP contribution is 2.38. The molecule has 1 amide bonds. The van der Waals surface area contributed by atoms with E-state index in [9.17, 15) is 4.79 Å². The van der Waals surface area contributed by atoms with Crippen LogP contribution < -0.4 is 19.6 Å². The van der Waals surface area contributed by atoms with Crippen molar-refractivity contribution in [1.29, 1.82) is 0 Å². The van der Waals surface area contributed by atoms with Gasteiger partial charge in [-0.1, -0.05) is 30.3 Å². The second-order valence-electron chi connectivity index (χ2n) is 6.55. The maximum atomic E-state index is 12.2. The number of nitrogens with one attached hydrogen (secondary N) is 1. The zero-order valence-corrected chi connectivity index (χ0v) is 17.4. The number of methoxy groups -OCH3 is 2. The first-order valence-corrected chi connectivity index (χ1v) is 9.35. The van der Waals surface area contributed by atoms with Gasteiger partial charge in [0, 0.05) is 5.56 Å². The minimum Gasteiger partial charge on any atom is -0.493 e. The number of carbonyl (C=O) groups excluding carboxylic acids is 1. The summed E-state index contributed by atoms with van der Waals surface area (Å²) in [5, 5.41) is 4.02. The molecule has 7 nitrogen and oxygen atoms in total. The van der Waals surface area contributed by atoms with Crippen molar-refractivity contribution in [3.63, 3.8) is 0 Å². The largest absolute Gasteiger partial charge is 0.493 e. The van der Waals surface area contributed by atoms with Crippen molar-refractivity contribution < 1.29 is 23.4 Å². The molecule has 0 aliphatic carbocycles. The third kappa shape index (κ3) is 5.00. The van der Waals surface area contributed by atoms with Crippen molar-refractivity contribution in [2.75, 3.05) is 14.2 Å². The van der Waals surface area contributed by atoms with E-state index < -0.39 is 0 Å². The minimum atomic E-state index is -0.345. The fourth-order valence-electron chi connectivity index (χ4n) is 2.93. The topological polar surface area (TPSA) is 82.3 Å². The SMILES string of the molecule is COc1cc(/C=N\NC(=O)c2cc(C)oc2C)cc(OC)c1OCc1ccccc1. The normalized spacial score (nSPS) is 10.8. The standard InChI is InChI=1S/C23H24N2O5/c1-15-10-19(16(2)30-15)23(26)25-24-13-18-11-20(27-3)22(21(12-18)28-4)29-14-17-8-6-5-7-9-17/h5-13H,14H2,1-4H3,(H,25,26)/b24-13-. The zero-order chi connectivity index (χ0) is 21.5. The fourth-order valence-corrected chi connectivity index (χ4v) is 2.93. The van der Waals surface area contributed by atoms with E-state index in [1.807, 2.05) is 30.3 Å². The first-order chi connectivity index (χ1) is 14.5. The molecule has 1 heterocycles. The van der Waals surface area contributed by atoms with Crippen LogP contribution in [0.4, 0.5) is 0 Å². The average molecular weight is 408 g/mol. The van der Waals surface area contributed by atoms with Gasteiger partial charge < -0.3 is 18.6 Å². The van der Waals surface area contributed by atoms with Gasteiger partial charge in [0.05, 0.1) is 26.0 Å². The van der Waals surface area contributed by atoms with Crippen molar-refractivity contribution in [3.8, 4) is 17.2 Å². The van der Waals surface area contributed by atoms with Gasteiger partial charge in [0.25, 0.3) is 5.91 Å². The Bertz CT molecular complexity index is 1020. The molecule has 0 spiro atoms. The molecule has 1 N–H and O–H groups in total. The van der Waals surface area contributed by atoms with Crippen LogP contribution in [0.5, 0.6) is 17.2 Å². The van der Waals surface area contributed by atoms with Crippen LogP contribution in [0.2, 0.25) is 0 Å². The maximum Gasteiger partial charge on any atom is 0.274 e. The van der Waals surface area contributed by atoms with Gasteiger partial charge >= 0.3 is 0 Å². The lowest BCUT2D eigenvalue weighted by atomic mass is 10.2. The van der Waals surface area contributed by atoms with Crippen LogP contribution in [-0.2, 0) is 6.61 Å². The number of nitrogens with zero attached hydrogens (tertiary/aromatic N) is 1. The predicted octanol–water partition coefficient (Wildman–Crippen LogP) is 4.26. The van der Waals surface area contributed by atoms with Crippen LogP contribution >= 0.6 is 0 Å². The van der Waals surface area contributed by atoms with E-state index in [0.29, 0.717) is 46.5 Å². The molecule has 156 valence electrons. The van der Waals surface area contributed by atoms with Crippen molar-refractivity contribution in [2.45, 2.75) is 20.5 Å². The molecule has 0 saturated carbocycles. The quantitative estimate of drug-likeness (QED) is 0.445. The van der Waals surface area contributed by atoms with Gasteiger partial charge in [-0.2, -0.15) is 5.10 Å². The van der Waals surface area contributed by atoms with Crippen LogP contribution in [0.15, 0.2) is 58.0 Å². The van der Waals surface area contributed by atoms with Gasteiger partial charge in [0.2, 0.25) is 5.75 Å². The molecule has 3 rings (SSSR count). The highest BCUT2D eigenvalue weighted by atomic mass is 16.5. The van der Waals surface area contributed by atoms with Crippen LogP contribution in [0.25, 0.3) is 0 Å². The van der Waals surface area contributed by atoms with E-state index >= 15 is 0 Å². The Hall–Kier alpha value is -3.74. The Labute approximate surface area is 175 Å². The zero-order valence-electron chi connectivity index (χ0n) is 17.4. The molecule has 0 saturated heterocycles. The Morgan fingerprint density at radius 3 is 2.30 bits per heavy atom. The molecule has 3 aromatic rings. The van der Waals surface area contributed by atoms with E-state index in [-0.39, 0.29) is 5.91 Å². The monoisotopic (exact) mass is 408 g/mol. The molecule has 0 aliphatic heterocycles. The number of carbonyl (C=O) groups is 1. The molecule has 0 atom stereocenters. The third-order valence-electron chi connectivity index (χ3n) is 4.37. The number of benzene rings is 2. The maximum absolute atomic E-state index is 12.2. The number of furan rings is 1.